The largest absolute Gasteiger partial charge is 0.462 e. The Kier molecular flexibility index (Phi) is 6.00. The Balaban J connectivity index is 1.50. The second kappa shape index (κ2) is 9.27. The molecule has 178 valence electrons. The van der Waals surface area contributed by atoms with E-state index in [1.165, 1.54) is 17.4 Å². The maximum Gasteiger partial charge on any atom is 0.349 e. The molecule has 1 aliphatic rings. The molecule has 2 aromatic heterocycles. The van der Waals surface area contributed by atoms with Gasteiger partial charge in [0, 0.05) is 10.3 Å². The van der Waals surface area contributed by atoms with E-state index in [1.54, 1.807) is 31.2 Å². The van der Waals surface area contributed by atoms with Crippen LogP contribution in [0, 0.1) is 6.92 Å². The molecule has 0 unspecified atom stereocenters. The highest BCUT2D eigenvalue weighted by Gasteiger charge is 2.26. The molecular formula is C26H21NO7S. The number of thiophene rings is 1. The molecule has 5 rings (SSSR count). The summed E-state index contributed by atoms with van der Waals surface area (Å²) < 4.78 is 21.4. The van der Waals surface area contributed by atoms with Crippen LogP contribution in [-0.2, 0) is 11.2 Å². The standard InChI is InChI=1S/C26H21NO7S/c1-3-31-26(30)22-17(10-15-8-9-20-21(11-15)33-13-32-20)14(2)35-24(22)27-23(28)18-12-16-6-4-5-7-19(16)34-25(18)29/h4-9,11-12H,3,10,13H2,1-2H3,(H,27,28). The average Bonchev–Trinajstić information content (AvgIpc) is 3.42. The fourth-order valence-electron chi connectivity index (χ4n) is 3.94. The Morgan fingerprint density at radius 2 is 1.89 bits per heavy atom. The quantitative estimate of drug-likeness (QED) is 0.302. The molecule has 0 saturated heterocycles. The molecule has 0 saturated carbocycles. The van der Waals surface area contributed by atoms with Gasteiger partial charge in [0.2, 0.25) is 6.79 Å². The molecule has 0 radical (unpaired) electrons. The summed E-state index contributed by atoms with van der Waals surface area (Å²) in [5.74, 6) is 0.104. The zero-order chi connectivity index (χ0) is 24.5. The molecule has 9 heteroatoms. The van der Waals surface area contributed by atoms with Crippen molar-refractivity contribution in [2.45, 2.75) is 20.3 Å². The van der Waals surface area contributed by atoms with Crippen LogP contribution >= 0.6 is 11.3 Å². The molecule has 35 heavy (non-hydrogen) atoms. The van der Waals surface area contributed by atoms with Crippen LogP contribution in [-0.4, -0.2) is 25.3 Å². The number of hydrogen-bond acceptors (Lipinski definition) is 8. The van der Waals surface area contributed by atoms with E-state index in [1.807, 2.05) is 25.1 Å². The zero-order valence-corrected chi connectivity index (χ0v) is 19.8. The van der Waals surface area contributed by atoms with Crippen LogP contribution in [0.15, 0.2) is 57.7 Å². The predicted molar refractivity (Wildman–Crippen MR) is 131 cm³/mol. The topological polar surface area (TPSA) is 104 Å². The van der Waals surface area contributed by atoms with Crippen LogP contribution in [0.1, 0.15) is 43.6 Å². The lowest BCUT2D eigenvalue weighted by Gasteiger charge is -2.09. The van der Waals surface area contributed by atoms with Gasteiger partial charge in [-0.15, -0.1) is 11.3 Å². The lowest BCUT2D eigenvalue weighted by Crippen LogP contribution is -2.21. The summed E-state index contributed by atoms with van der Waals surface area (Å²) in [6, 6.07) is 14.0. The first-order valence-corrected chi connectivity index (χ1v) is 11.8. The third-order valence-corrected chi connectivity index (χ3v) is 6.68. The van der Waals surface area contributed by atoms with Crippen molar-refractivity contribution < 1.29 is 28.2 Å². The lowest BCUT2D eigenvalue weighted by molar-refractivity contribution is 0.0527. The van der Waals surface area contributed by atoms with Gasteiger partial charge in [-0.25, -0.2) is 9.59 Å². The van der Waals surface area contributed by atoms with Crippen molar-refractivity contribution in [3.8, 4) is 11.5 Å². The molecule has 0 atom stereocenters. The molecule has 8 nitrogen and oxygen atoms in total. The fourth-order valence-corrected chi connectivity index (χ4v) is 5.00. The van der Waals surface area contributed by atoms with E-state index in [9.17, 15) is 14.4 Å². The molecular weight excluding hydrogens is 470 g/mol. The molecule has 3 heterocycles. The zero-order valence-electron chi connectivity index (χ0n) is 19.0. The van der Waals surface area contributed by atoms with Gasteiger partial charge >= 0.3 is 11.6 Å². The third kappa shape index (κ3) is 4.38. The lowest BCUT2D eigenvalue weighted by atomic mass is 10.0. The molecule has 2 aromatic carbocycles. The molecule has 1 N–H and O–H groups in total. The number of rotatable bonds is 6. The van der Waals surface area contributed by atoms with Crippen molar-refractivity contribution in [1.29, 1.82) is 0 Å². The molecule has 0 bridgehead atoms. The molecule has 1 aliphatic heterocycles. The highest BCUT2D eigenvalue weighted by Crippen LogP contribution is 2.38. The summed E-state index contributed by atoms with van der Waals surface area (Å²) in [6.07, 6.45) is 0.418. The van der Waals surface area contributed by atoms with Crippen molar-refractivity contribution >= 4 is 39.2 Å². The minimum Gasteiger partial charge on any atom is -0.462 e. The minimum absolute atomic E-state index is 0.151. The van der Waals surface area contributed by atoms with Crippen LogP contribution in [0.3, 0.4) is 0 Å². The number of anilines is 1. The minimum atomic E-state index is -0.757. The fraction of sp³-hybridized carbons (Fsp3) is 0.192. The van der Waals surface area contributed by atoms with E-state index in [0.29, 0.717) is 33.9 Å². The predicted octanol–water partition coefficient (Wildman–Crippen LogP) is 4.91. The Labute approximate surface area is 204 Å². The highest BCUT2D eigenvalue weighted by atomic mass is 32.1. The van der Waals surface area contributed by atoms with Crippen molar-refractivity contribution in [2.75, 3.05) is 18.7 Å². The van der Waals surface area contributed by atoms with E-state index in [4.69, 9.17) is 18.6 Å². The summed E-state index contributed by atoms with van der Waals surface area (Å²) in [4.78, 5) is 39.3. The first-order chi connectivity index (χ1) is 16.9. The summed E-state index contributed by atoms with van der Waals surface area (Å²) >= 11 is 1.25. The number of hydrogen-bond donors (Lipinski definition) is 1. The van der Waals surface area contributed by atoms with Crippen LogP contribution in [0.4, 0.5) is 5.00 Å². The first kappa shape index (κ1) is 22.7. The van der Waals surface area contributed by atoms with Gasteiger partial charge in [-0.2, -0.15) is 0 Å². The number of benzene rings is 2. The third-order valence-electron chi connectivity index (χ3n) is 5.62. The Morgan fingerprint density at radius 3 is 2.71 bits per heavy atom. The number of carbonyl (C=O) groups excluding carboxylic acids is 2. The van der Waals surface area contributed by atoms with E-state index < -0.39 is 17.5 Å². The summed E-state index contributed by atoms with van der Waals surface area (Å²) in [5.41, 5.74) is 1.39. The molecule has 0 fully saturated rings. The normalized spacial score (nSPS) is 12.1. The maximum atomic E-state index is 13.1. The average molecular weight is 492 g/mol. The monoisotopic (exact) mass is 491 g/mol. The van der Waals surface area contributed by atoms with Crippen molar-refractivity contribution in [3.63, 3.8) is 0 Å². The van der Waals surface area contributed by atoms with Crippen molar-refractivity contribution in [2.24, 2.45) is 0 Å². The van der Waals surface area contributed by atoms with E-state index >= 15 is 0 Å². The number of esters is 1. The summed E-state index contributed by atoms with van der Waals surface area (Å²) in [7, 11) is 0. The Hall–Kier alpha value is -4.11. The molecule has 4 aromatic rings. The van der Waals surface area contributed by atoms with Gasteiger partial charge in [0.15, 0.2) is 11.5 Å². The SMILES string of the molecule is CCOC(=O)c1c(NC(=O)c2cc3ccccc3oc2=O)sc(C)c1Cc1ccc2c(c1)OCO2. The second-order valence-corrected chi connectivity index (χ2v) is 9.09. The van der Waals surface area contributed by atoms with E-state index in [2.05, 4.69) is 5.32 Å². The number of para-hydroxylation sites is 1. The molecule has 0 spiro atoms. The van der Waals surface area contributed by atoms with Crippen molar-refractivity contribution in [3.05, 3.63) is 86.1 Å². The molecule has 0 aliphatic carbocycles. The van der Waals surface area contributed by atoms with Crippen LogP contribution in [0.5, 0.6) is 11.5 Å². The maximum absolute atomic E-state index is 13.1. The van der Waals surface area contributed by atoms with Crippen molar-refractivity contribution in [1.82, 2.24) is 0 Å². The summed E-state index contributed by atoms with van der Waals surface area (Å²) in [6.45, 7) is 3.94. The van der Waals surface area contributed by atoms with Gasteiger partial charge < -0.3 is 23.9 Å². The number of carbonyl (C=O) groups is 2. The van der Waals surface area contributed by atoms with Gasteiger partial charge in [0.05, 0.1) is 12.2 Å². The number of nitrogens with one attached hydrogen (secondary N) is 1. The Bertz CT molecular complexity index is 1520. The van der Waals surface area contributed by atoms with Gasteiger partial charge in [0.25, 0.3) is 5.91 Å². The first-order valence-electron chi connectivity index (χ1n) is 11.0. The van der Waals surface area contributed by atoms with E-state index in [0.717, 1.165) is 16.0 Å². The number of fused-ring (bicyclic) bond motifs is 2. The number of aryl methyl sites for hydroxylation is 1. The van der Waals surface area contributed by atoms with Crippen LogP contribution in [0.25, 0.3) is 11.0 Å². The van der Waals surface area contributed by atoms with Gasteiger partial charge in [-0.3, -0.25) is 4.79 Å². The second-order valence-electron chi connectivity index (χ2n) is 7.87. The van der Waals surface area contributed by atoms with Gasteiger partial charge in [-0.05, 0) is 55.7 Å². The summed E-state index contributed by atoms with van der Waals surface area (Å²) in [5, 5.41) is 3.67. The van der Waals surface area contributed by atoms with Crippen LogP contribution in [0.2, 0.25) is 0 Å². The highest BCUT2D eigenvalue weighted by molar-refractivity contribution is 7.16. The smallest absolute Gasteiger partial charge is 0.349 e. The van der Waals surface area contributed by atoms with E-state index in [-0.39, 0.29) is 24.5 Å². The number of ether oxygens (including phenoxy) is 3. The van der Waals surface area contributed by atoms with Gasteiger partial charge in [0.1, 0.15) is 16.1 Å². The Morgan fingerprint density at radius 1 is 1.09 bits per heavy atom. The number of amides is 1. The van der Waals surface area contributed by atoms with Crippen LogP contribution < -0.4 is 20.4 Å². The molecule has 1 amide bonds. The van der Waals surface area contributed by atoms with Gasteiger partial charge in [-0.1, -0.05) is 24.3 Å².